The highest BCUT2D eigenvalue weighted by atomic mass is 16.6. The van der Waals surface area contributed by atoms with Crippen LogP contribution in [-0.2, 0) is 4.79 Å². The summed E-state index contributed by atoms with van der Waals surface area (Å²) >= 11 is 0. The first-order valence-electron chi connectivity index (χ1n) is 5.26. The zero-order valence-electron chi connectivity index (χ0n) is 9.74. The molecule has 18 heavy (non-hydrogen) atoms. The summed E-state index contributed by atoms with van der Waals surface area (Å²) < 4.78 is 0. The topological polar surface area (TPSA) is 103 Å². The molecule has 0 saturated heterocycles. The molecule has 0 N–H and O–H groups in total. The van der Waals surface area contributed by atoms with E-state index in [2.05, 4.69) is 0 Å². The molecule has 0 saturated carbocycles. The highest BCUT2D eigenvalue weighted by Gasteiger charge is 2.26. The molecule has 0 aromatic heterocycles. The van der Waals surface area contributed by atoms with Crippen molar-refractivity contribution < 1.29 is 14.6 Å². The quantitative estimate of drug-likeness (QED) is 0.568. The van der Waals surface area contributed by atoms with Gasteiger partial charge in [-0.15, -0.1) is 0 Å². The van der Waals surface area contributed by atoms with E-state index in [0.29, 0.717) is 0 Å². The van der Waals surface area contributed by atoms with E-state index in [1.807, 2.05) is 0 Å². The Morgan fingerprint density at radius 2 is 1.89 bits per heavy atom. The third-order valence-corrected chi connectivity index (χ3v) is 2.48. The van der Waals surface area contributed by atoms with Crippen molar-refractivity contribution >= 4 is 11.5 Å². The number of para-hydroxylation sites is 1. The van der Waals surface area contributed by atoms with Gasteiger partial charge in [-0.1, -0.05) is 18.2 Å². The second kappa shape index (κ2) is 5.85. The van der Waals surface area contributed by atoms with Gasteiger partial charge in [-0.3, -0.25) is 20.2 Å². The highest BCUT2D eigenvalue weighted by molar-refractivity contribution is 5.76. The van der Waals surface area contributed by atoms with Crippen LogP contribution in [0, 0.1) is 20.2 Å². The number of hydrogen-bond acceptors (Lipinski definition) is 5. The number of benzene rings is 1. The van der Waals surface area contributed by atoms with E-state index in [0.717, 1.165) is 0 Å². The fourth-order valence-corrected chi connectivity index (χ4v) is 1.80. The highest BCUT2D eigenvalue weighted by Crippen LogP contribution is 2.29. The summed E-state index contributed by atoms with van der Waals surface area (Å²) in [6.07, 6.45) is -0.0775. The molecule has 0 bridgehead atoms. The zero-order chi connectivity index (χ0) is 13.7. The molecule has 0 aliphatic carbocycles. The lowest BCUT2D eigenvalue weighted by Crippen LogP contribution is -2.16. The Hall–Kier alpha value is -2.31. The number of Topliss-reactive ketones (excluding diaryl/α,β-unsaturated/α-hetero) is 1. The van der Waals surface area contributed by atoms with Gasteiger partial charge in [0.05, 0.1) is 10.8 Å². The fourth-order valence-electron chi connectivity index (χ4n) is 1.80. The van der Waals surface area contributed by atoms with Gasteiger partial charge in [0.15, 0.2) is 0 Å². The normalized spacial score (nSPS) is 11.8. The van der Waals surface area contributed by atoms with E-state index in [9.17, 15) is 25.0 Å². The van der Waals surface area contributed by atoms with Crippen molar-refractivity contribution in [2.45, 2.75) is 19.3 Å². The standard InChI is InChI=1S/C11H12N2O5/c1-8(14)6-9(7-12(15)16)10-4-2-3-5-11(10)13(17)18/h2-5,9H,6-7H2,1H3/t9-/m1/s1. The second-order valence-corrected chi connectivity index (χ2v) is 3.93. The molecule has 0 radical (unpaired) electrons. The molecule has 0 aliphatic rings. The minimum atomic E-state index is -0.765. The first-order valence-corrected chi connectivity index (χ1v) is 5.26. The molecule has 1 aromatic carbocycles. The lowest BCUT2D eigenvalue weighted by Gasteiger charge is -2.11. The summed E-state index contributed by atoms with van der Waals surface area (Å²) in [6.45, 7) is 0.812. The Labute approximate surface area is 103 Å². The van der Waals surface area contributed by atoms with Crippen molar-refractivity contribution in [2.75, 3.05) is 6.54 Å². The second-order valence-electron chi connectivity index (χ2n) is 3.93. The fraction of sp³-hybridized carbons (Fsp3) is 0.364. The molecule has 0 amide bonds. The van der Waals surface area contributed by atoms with Crippen LogP contribution >= 0.6 is 0 Å². The molecular formula is C11H12N2O5. The third kappa shape index (κ3) is 3.62. The Bertz CT molecular complexity index is 470. The third-order valence-electron chi connectivity index (χ3n) is 2.48. The molecule has 7 heteroatoms. The Morgan fingerprint density at radius 1 is 1.28 bits per heavy atom. The first kappa shape index (κ1) is 13.8. The molecule has 1 atom stereocenters. The van der Waals surface area contributed by atoms with E-state index in [1.165, 1.54) is 25.1 Å². The summed E-state index contributed by atoms with van der Waals surface area (Å²) in [5, 5.41) is 21.4. The van der Waals surface area contributed by atoms with Crippen LogP contribution in [0.4, 0.5) is 5.69 Å². The van der Waals surface area contributed by atoms with Gasteiger partial charge in [-0.2, -0.15) is 0 Å². The van der Waals surface area contributed by atoms with Crippen LogP contribution in [0.25, 0.3) is 0 Å². The molecular weight excluding hydrogens is 240 g/mol. The van der Waals surface area contributed by atoms with Gasteiger partial charge in [0.25, 0.3) is 5.69 Å². The number of carbonyl (C=O) groups excluding carboxylic acids is 1. The summed E-state index contributed by atoms with van der Waals surface area (Å²) in [5.74, 6) is -1.00. The first-order chi connectivity index (χ1) is 8.41. The molecule has 0 fully saturated rings. The summed E-state index contributed by atoms with van der Waals surface area (Å²) in [5.41, 5.74) is 0.0417. The molecule has 7 nitrogen and oxygen atoms in total. The summed E-state index contributed by atoms with van der Waals surface area (Å²) in [7, 11) is 0. The Morgan fingerprint density at radius 3 is 2.39 bits per heavy atom. The number of carbonyl (C=O) groups is 1. The summed E-state index contributed by atoms with van der Waals surface area (Å²) in [4.78, 5) is 31.4. The Kier molecular flexibility index (Phi) is 4.47. The van der Waals surface area contributed by atoms with Crippen molar-refractivity contribution in [3.8, 4) is 0 Å². The average Bonchev–Trinajstić information content (AvgIpc) is 2.26. The SMILES string of the molecule is CC(=O)C[C@H](C[N+](=O)[O-])c1ccccc1[N+](=O)[O-]. The smallest absolute Gasteiger partial charge is 0.273 e. The predicted octanol–water partition coefficient (Wildman–Crippen LogP) is 1.93. The van der Waals surface area contributed by atoms with Gasteiger partial charge in [-0.05, 0) is 6.92 Å². The van der Waals surface area contributed by atoms with Crippen LogP contribution in [0.1, 0.15) is 24.8 Å². The molecule has 0 heterocycles. The average molecular weight is 252 g/mol. The number of rotatable bonds is 6. The van der Waals surface area contributed by atoms with Crippen molar-refractivity contribution in [3.63, 3.8) is 0 Å². The van der Waals surface area contributed by atoms with E-state index >= 15 is 0 Å². The summed E-state index contributed by atoms with van der Waals surface area (Å²) in [6, 6.07) is 5.78. The van der Waals surface area contributed by atoms with Gasteiger partial charge < -0.3 is 4.79 Å². The molecule has 0 aliphatic heterocycles. The number of nitro benzene ring substituents is 1. The van der Waals surface area contributed by atoms with Crippen LogP contribution in [0.15, 0.2) is 24.3 Å². The van der Waals surface area contributed by atoms with Gasteiger partial charge in [-0.25, -0.2) is 0 Å². The van der Waals surface area contributed by atoms with Crippen molar-refractivity contribution in [1.82, 2.24) is 0 Å². The van der Waals surface area contributed by atoms with Crippen molar-refractivity contribution in [3.05, 3.63) is 50.1 Å². The van der Waals surface area contributed by atoms with E-state index in [-0.39, 0.29) is 23.5 Å². The van der Waals surface area contributed by atoms with Gasteiger partial charge in [0, 0.05) is 23.0 Å². The minimum absolute atomic E-state index is 0.0775. The van der Waals surface area contributed by atoms with Crippen molar-refractivity contribution in [1.29, 1.82) is 0 Å². The van der Waals surface area contributed by atoms with E-state index < -0.39 is 22.3 Å². The van der Waals surface area contributed by atoms with E-state index in [1.54, 1.807) is 6.07 Å². The Balaban J connectivity index is 3.15. The molecule has 1 rings (SSSR count). The zero-order valence-corrected chi connectivity index (χ0v) is 9.74. The lowest BCUT2D eigenvalue weighted by molar-refractivity contribution is -0.483. The van der Waals surface area contributed by atoms with Crippen LogP contribution < -0.4 is 0 Å². The maximum absolute atomic E-state index is 11.1. The maximum Gasteiger partial charge on any atom is 0.273 e. The monoisotopic (exact) mass is 252 g/mol. The van der Waals surface area contributed by atoms with Gasteiger partial charge >= 0.3 is 0 Å². The number of ketones is 1. The molecule has 0 unspecified atom stereocenters. The number of nitrogens with zero attached hydrogens (tertiary/aromatic N) is 2. The molecule has 1 aromatic rings. The maximum atomic E-state index is 11.1. The van der Waals surface area contributed by atoms with Crippen LogP contribution in [0.3, 0.4) is 0 Å². The van der Waals surface area contributed by atoms with Crippen molar-refractivity contribution in [2.24, 2.45) is 0 Å². The predicted molar refractivity (Wildman–Crippen MR) is 63.0 cm³/mol. The van der Waals surface area contributed by atoms with Gasteiger partial charge in [0.2, 0.25) is 6.54 Å². The lowest BCUT2D eigenvalue weighted by atomic mass is 9.93. The van der Waals surface area contributed by atoms with Crippen LogP contribution in [0.5, 0.6) is 0 Å². The molecule has 96 valence electrons. The van der Waals surface area contributed by atoms with Crippen LogP contribution in [0.2, 0.25) is 0 Å². The largest absolute Gasteiger partial charge is 0.300 e. The number of hydrogen-bond donors (Lipinski definition) is 0. The number of nitro groups is 2. The molecule has 0 spiro atoms. The minimum Gasteiger partial charge on any atom is -0.300 e. The van der Waals surface area contributed by atoms with Crippen LogP contribution in [-0.4, -0.2) is 22.2 Å². The van der Waals surface area contributed by atoms with Gasteiger partial charge in [0.1, 0.15) is 5.78 Å². The van der Waals surface area contributed by atoms with E-state index in [4.69, 9.17) is 0 Å².